The molecule has 0 saturated heterocycles. The molecule has 22 heavy (non-hydrogen) atoms. The monoisotopic (exact) mass is 297 g/mol. The van der Waals surface area contributed by atoms with Gasteiger partial charge < -0.3 is 10.1 Å². The average Bonchev–Trinajstić information content (AvgIpc) is 2.46. The lowest BCUT2D eigenvalue weighted by atomic mass is 10.1. The van der Waals surface area contributed by atoms with Crippen molar-refractivity contribution in [3.63, 3.8) is 0 Å². The molecular weight excluding hydrogens is 274 g/mol. The van der Waals surface area contributed by atoms with Gasteiger partial charge in [0.05, 0.1) is 6.42 Å². The van der Waals surface area contributed by atoms with Crippen molar-refractivity contribution in [1.82, 2.24) is 5.32 Å². The first kappa shape index (κ1) is 16.1. The van der Waals surface area contributed by atoms with E-state index in [1.807, 2.05) is 75.4 Å². The molecule has 2 rings (SSSR count). The molecule has 0 unspecified atom stereocenters. The van der Waals surface area contributed by atoms with Crippen molar-refractivity contribution >= 4 is 5.91 Å². The van der Waals surface area contributed by atoms with Crippen LogP contribution in [0.4, 0.5) is 0 Å². The van der Waals surface area contributed by atoms with Gasteiger partial charge in [-0.3, -0.25) is 4.79 Å². The summed E-state index contributed by atoms with van der Waals surface area (Å²) in [4.78, 5) is 12.0. The van der Waals surface area contributed by atoms with Gasteiger partial charge in [0.15, 0.2) is 0 Å². The predicted octanol–water partition coefficient (Wildman–Crippen LogP) is 3.72. The second-order valence-corrected chi connectivity index (χ2v) is 6.26. The third kappa shape index (κ3) is 5.24. The summed E-state index contributed by atoms with van der Waals surface area (Å²) in [6.45, 7) is 6.51. The maximum Gasteiger partial charge on any atom is 0.224 e. The van der Waals surface area contributed by atoms with Gasteiger partial charge >= 0.3 is 0 Å². The zero-order valence-electron chi connectivity index (χ0n) is 13.4. The Bertz CT molecular complexity index is 615. The summed E-state index contributed by atoms with van der Waals surface area (Å²) in [5.74, 6) is 0.826. The molecule has 0 aliphatic rings. The van der Waals surface area contributed by atoms with Gasteiger partial charge in [-0.05, 0) is 32.4 Å². The number of hydrogen-bond donors (Lipinski definition) is 1. The fourth-order valence-corrected chi connectivity index (χ4v) is 2.12. The molecule has 1 amide bonds. The predicted molar refractivity (Wildman–Crippen MR) is 88.8 cm³/mol. The van der Waals surface area contributed by atoms with Crippen LogP contribution in [0.1, 0.15) is 31.9 Å². The minimum atomic E-state index is -0.260. The summed E-state index contributed by atoms with van der Waals surface area (Å²) in [5.41, 5.74) is 1.74. The molecular formula is C19H23NO2. The number of carbonyl (C=O) groups is 1. The molecule has 0 spiro atoms. The summed E-state index contributed by atoms with van der Waals surface area (Å²) in [7, 11) is 0. The lowest BCUT2D eigenvalue weighted by Crippen LogP contribution is -2.27. The molecule has 116 valence electrons. The van der Waals surface area contributed by atoms with Gasteiger partial charge in [-0.1, -0.05) is 48.5 Å². The van der Waals surface area contributed by atoms with Crippen molar-refractivity contribution in [2.75, 3.05) is 0 Å². The molecule has 0 radical (unpaired) electrons. The van der Waals surface area contributed by atoms with Crippen molar-refractivity contribution in [3.8, 4) is 5.75 Å². The van der Waals surface area contributed by atoms with E-state index in [1.165, 1.54) is 0 Å². The Balaban J connectivity index is 1.95. The number of ether oxygens (including phenoxy) is 1. The molecule has 0 aliphatic carbocycles. The van der Waals surface area contributed by atoms with Gasteiger partial charge in [-0.15, -0.1) is 0 Å². The van der Waals surface area contributed by atoms with Crippen LogP contribution in [-0.4, -0.2) is 11.5 Å². The van der Waals surface area contributed by atoms with Crippen molar-refractivity contribution in [2.45, 2.75) is 39.3 Å². The Kier molecular flexibility index (Phi) is 5.21. The average molecular weight is 297 g/mol. The molecule has 0 atom stereocenters. The van der Waals surface area contributed by atoms with E-state index in [4.69, 9.17) is 4.74 Å². The van der Waals surface area contributed by atoms with Gasteiger partial charge in [0.2, 0.25) is 5.91 Å². The second-order valence-electron chi connectivity index (χ2n) is 6.26. The highest BCUT2D eigenvalue weighted by Gasteiger charge is 2.14. The van der Waals surface area contributed by atoms with E-state index in [1.54, 1.807) is 0 Å². The fraction of sp³-hybridized carbons (Fsp3) is 0.316. The standard InChI is InChI=1S/C19H23NO2/c1-19(2,3)22-17-12-8-7-11-16(17)14-20-18(21)13-15-9-5-4-6-10-15/h4-12H,13-14H2,1-3H3,(H,20,21). The third-order valence-electron chi connectivity index (χ3n) is 3.07. The Hall–Kier alpha value is -2.29. The van der Waals surface area contributed by atoms with Gasteiger partial charge in [0.1, 0.15) is 11.4 Å². The van der Waals surface area contributed by atoms with Crippen molar-refractivity contribution in [1.29, 1.82) is 0 Å². The Morgan fingerprint density at radius 3 is 2.32 bits per heavy atom. The highest BCUT2D eigenvalue weighted by Crippen LogP contribution is 2.22. The van der Waals surface area contributed by atoms with E-state index in [9.17, 15) is 4.79 Å². The van der Waals surface area contributed by atoms with Crippen molar-refractivity contribution < 1.29 is 9.53 Å². The molecule has 0 aliphatic heterocycles. The van der Waals surface area contributed by atoms with Gasteiger partial charge in [0.25, 0.3) is 0 Å². The van der Waals surface area contributed by atoms with Crippen molar-refractivity contribution in [2.24, 2.45) is 0 Å². The van der Waals surface area contributed by atoms with E-state index in [-0.39, 0.29) is 11.5 Å². The summed E-state index contributed by atoms with van der Waals surface area (Å²) in [5, 5.41) is 2.95. The topological polar surface area (TPSA) is 38.3 Å². The van der Waals surface area contributed by atoms with Crippen LogP contribution >= 0.6 is 0 Å². The summed E-state index contributed by atoms with van der Waals surface area (Å²) >= 11 is 0. The largest absolute Gasteiger partial charge is 0.488 e. The number of benzene rings is 2. The molecule has 0 saturated carbocycles. The minimum Gasteiger partial charge on any atom is -0.488 e. The Morgan fingerprint density at radius 1 is 1.00 bits per heavy atom. The number of nitrogens with one attached hydrogen (secondary N) is 1. The quantitative estimate of drug-likeness (QED) is 0.913. The van der Waals surface area contributed by atoms with Gasteiger partial charge in [-0.2, -0.15) is 0 Å². The highest BCUT2D eigenvalue weighted by atomic mass is 16.5. The van der Waals surface area contributed by atoms with Crippen LogP contribution in [0.5, 0.6) is 5.75 Å². The number of hydrogen-bond acceptors (Lipinski definition) is 2. The Morgan fingerprint density at radius 2 is 1.64 bits per heavy atom. The molecule has 2 aromatic carbocycles. The fourth-order valence-electron chi connectivity index (χ4n) is 2.12. The molecule has 1 N–H and O–H groups in total. The van der Waals surface area contributed by atoms with Crippen LogP contribution in [0.25, 0.3) is 0 Å². The molecule has 0 aromatic heterocycles. The molecule has 0 bridgehead atoms. The van der Waals surface area contributed by atoms with Crippen LogP contribution in [0.15, 0.2) is 54.6 Å². The number of rotatable bonds is 5. The molecule has 0 fully saturated rings. The maximum absolute atomic E-state index is 12.0. The number of para-hydroxylation sites is 1. The van der Waals surface area contributed by atoms with Crippen molar-refractivity contribution in [3.05, 3.63) is 65.7 Å². The van der Waals surface area contributed by atoms with Gasteiger partial charge in [-0.25, -0.2) is 0 Å². The van der Waals surface area contributed by atoms with E-state index in [2.05, 4.69) is 5.32 Å². The maximum atomic E-state index is 12.0. The zero-order valence-corrected chi connectivity index (χ0v) is 13.4. The minimum absolute atomic E-state index is 0.0109. The zero-order chi connectivity index (χ0) is 16.0. The van der Waals surface area contributed by atoms with E-state index >= 15 is 0 Å². The van der Waals surface area contributed by atoms with E-state index < -0.39 is 0 Å². The highest BCUT2D eigenvalue weighted by molar-refractivity contribution is 5.78. The van der Waals surface area contributed by atoms with Crippen LogP contribution in [0.2, 0.25) is 0 Å². The first-order valence-electron chi connectivity index (χ1n) is 7.51. The first-order chi connectivity index (χ1) is 10.4. The SMILES string of the molecule is CC(C)(C)Oc1ccccc1CNC(=O)Cc1ccccc1. The van der Waals surface area contributed by atoms with Crippen LogP contribution in [-0.2, 0) is 17.8 Å². The van der Waals surface area contributed by atoms with Crippen LogP contribution < -0.4 is 10.1 Å². The Labute approximate surface area is 132 Å². The van der Waals surface area contributed by atoms with E-state index in [0.29, 0.717) is 13.0 Å². The first-order valence-corrected chi connectivity index (χ1v) is 7.51. The third-order valence-corrected chi connectivity index (χ3v) is 3.07. The lowest BCUT2D eigenvalue weighted by molar-refractivity contribution is -0.120. The molecule has 3 nitrogen and oxygen atoms in total. The number of amides is 1. The molecule has 2 aromatic rings. The van der Waals surface area contributed by atoms with Gasteiger partial charge in [0, 0.05) is 12.1 Å². The normalized spacial score (nSPS) is 11.0. The summed E-state index contributed by atoms with van der Waals surface area (Å²) in [6, 6.07) is 17.5. The molecule has 3 heteroatoms. The summed E-state index contributed by atoms with van der Waals surface area (Å²) in [6.07, 6.45) is 0.392. The summed E-state index contributed by atoms with van der Waals surface area (Å²) < 4.78 is 5.93. The van der Waals surface area contributed by atoms with Crippen LogP contribution in [0, 0.1) is 0 Å². The second kappa shape index (κ2) is 7.12. The number of carbonyl (C=O) groups excluding carboxylic acids is 1. The molecule has 0 heterocycles. The van der Waals surface area contributed by atoms with Crippen LogP contribution in [0.3, 0.4) is 0 Å². The lowest BCUT2D eigenvalue weighted by Gasteiger charge is -2.23. The smallest absolute Gasteiger partial charge is 0.224 e. The van der Waals surface area contributed by atoms with E-state index in [0.717, 1.165) is 16.9 Å².